The van der Waals surface area contributed by atoms with Crippen molar-refractivity contribution in [1.82, 2.24) is 10.2 Å². The van der Waals surface area contributed by atoms with Crippen LogP contribution in [-0.2, 0) is 0 Å². The van der Waals surface area contributed by atoms with Gasteiger partial charge >= 0.3 is 0 Å². The van der Waals surface area contributed by atoms with Gasteiger partial charge in [0.15, 0.2) is 0 Å². The molecule has 0 bridgehead atoms. The first-order valence-corrected chi connectivity index (χ1v) is 6.69. The fourth-order valence-corrected chi connectivity index (χ4v) is 1.52. The summed E-state index contributed by atoms with van der Waals surface area (Å²) in [5.41, 5.74) is 1.26. The van der Waals surface area contributed by atoms with E-state index in [4.69, 9.17) is 5.11 Å². The Labute approximate surface area is 120 Å². The van der Waals surface area contributed by atoms with E-state index in [-0.39, 0.29) is 18.6 Å². The second-order valence-corrected chi connectivity index (χ2v) is 4.84. The van der Waals surface area contributed by atoms with Crippen LogP contribution in [0.5, 0.6) is 0 Å². The molecule has 0 fully saturated rings. The molecule has 4 nitrogen and oxygen atoms in total. The summed E-state index contributed by atoms with van der Waals surface area (Å²) in [5.74, 6) is 5.65. The Balaban J connectivity index is 2.76. The first kappa shape index (κ1) is 16.2. The minimum atomic E-state index is -0.118. The predicted octanol–water partition coefficient (Wildman–Crippen LogP) is 1.10. The molecule has 20 heavy (non-hydrogen) atoms. The first-order chi connectivity index (χ1) is 9.56. The lowest BCUT2D eigenvalue weighted by Gasteiger charge is -2.20. The van der Waals surface area contributed by atoms with Crippen LogP contribution in [0, 0.1) is 11.8 Å². The molecular formula is C16H22N2O2. The normalized spacial score (nSPS) is 11.7. The predicted molar refractivity (Wildman–Crippen MR) is 80.5 cm³/mol. The molecule has 0 saturated heterocycles. The Kier molecular flexibility index (Phi) is 6.78. The molecule has 0 spiro atoms. The third-order valence-corrected chi connectivity index (χ3v) is 3.07. The molecule has 4 heteroatoms. The van der Waals surface area contributed by atoms with Gasteiger partial charge in [-0.1, -0.05) is 24.0 Å². The number of amides is 1. The Hall–Kier alpha value is -1.83. The number of likely N-dealkylation sites (N-methyl/N-ethyl adjacent to an activating group) is 1. The number of benzene rings is 1. The molecule has 1 unspecified atom stereocenters. The van der Waals surface area contributed by atoms with Crippen LogP contribution in [0.25, 0.3) is 0 Å². The maximum Gasteiger partial charge on any atom is 0.252 e. The topological polar surface area (TPSA) is 52.6 Å². The fraction of sp³-hybridized carbons (Fsp3) is 0.438. The van der Waals surface area contributed by atoms with Gasteiger partial charge in [0.1, 0.15) is 0 Å². The number of hydrogen-bond acceptors (Lipinski definition) is 3. The number of aliphatic hydroxyl groups excluding tert-OH is 1. The van der Waals surface area contributed by atoms with Crippen molar-refractivity contribution in [1.29, 1.82) is 0 Å². The van der Waals surface area contributed by atoms with Gasteiger partial charge in [-0.3, -0.25) is 4.79 Å². The van der Waals surface area contributed by atoms with Crippen molar-refractivity contribution < 1.29 is 9.90 Å². The van der Waals surface area contributed by atoms with Crippen molar-refractivity contribution in [2.24, 2.45) is 0 Å². The van der Waals surface area contributed by atoms with E-state index >= 15 is 0 Å². The molecule has 1 aromatic rings. The van der Waals surface area contributed by atoms with Gasteiger partial charge in [-0.05, 0) is 33.2 Å². The number of hydrogen-bond donors (Lipinski definition) is 2. The Morgan fingerprint density at radius 3 is 2.75 bits per heavy atom. The van der Waals surface area contributed by atoms with Gasteiger partial charge in [0.2, 0.25) is 0 Å². The molecule has 108 valence electrons. The SMILES string of the molecule is CC(CNC(=O)c1ccccc1C#CCCO)N(C)C. The molecule has 1 amide bonds. The average molecular weight is 274 g/mol. The molecule has 0 saturated carbocycles. The summed E-state index contributed by atoms with van der Waals surface area (Å²) in [5, 5.41) is 11.6. The van der Waals surface area contributed by atoms with Crippen molar-refractivity contribution in [2.45, 2.75) is 19.4 Å². The van der Waals surface area contributed by atoms with Gasteiger partial charge < -0.3 is 15.3 Å². The molecular weight excluding hydrogens is 252 g/mol. The van der Waals surface area contributed by atoms with E-state index < -0.39 is 0 Å². The summed E-state index contributed by atoms with van der Waals surface area (Å²) >= 11 is 0. The van der Waals surface area contributed by atoms with Crippen molar-refractivity contribution in [3.05, 3.63) is 35.4 Å². The Morgan fingerprint density at radius 2 is 2.10 bits per heavy atom. The highest BCUT2D eigenvalue weighted by Gasteiger charge is 2.11. The van der Waals surface area contributed by atoms with Crippen LogP contribution in [0.2, 0.25) is 0 Å². The smallest absolute Gasteiger partial charge is 0.252 e. The zero-order valence-electron chi connectivity index (χ0n) is 12.3. The van der Waals surface area contributed by atoms with E-state index in [9.17, 15) is 4.79 Å². The van der Waals surface area contributed by atoms with E-state index in [0.29, 0.717) is 24.1 Å². The van der Waals surface area contributed by atoms with Crippen molar-refractivity contribution in [3.8, 4) is 11.8 Å². The van der Waals surface area contributed by atoms with Crippen LogP contribution in [0.15, 0.2) is 24.3 Å². The molecule has 0 aliphatic rings. The minimum absolute atomic E-state index is 0.0295. The van der Waals surface area contributed by atoms with Gasteiger partial charge in [-0.15, -0.1) is 0 Å². The number of carbonyl (C=O) groups is 1. The number of nitrogens with zero attached hydrogens (tertiary/aromatic N) is 1. The number of carbonyl (C=O) groups excluding carboxylic acids is 1. The number of nitrogens with one attached hydrogen (secondary N) is 1. The highest BCUT2D eigenvalue weighted by atomic mass is 16.2. The number of rotatable bonds is 5. The van der Waals surface area contributed by atoms with Crippen molar-refractivity contribution >= 4 is 5.91 Å². The van der Waals surface area contributed by atoms with E-state index in [1.54, 1.807) is 6.07 Å². The minimum Gasteiger partial charge on any atom is -0.395 e. The second kappa shape index (κ2) is 8.36. The Morgan fingerprint density at radius 1 is 1.40 bits per heavy atom. The standard InChI is InChI=1S/C16H22N2O2/c1-13(18(2)3)12-17-16(20)15-10-5-4-8-14(15)9-6-7-11-19/h4-5,8,10,13,19H,7,11-12H2,1-3H3,(H,17,20). The summed E-state index contributed by atoms with van der Waals surface area (Å²) in [4.78, 5) is 14.2. The van der Waals surface area contributed by atoms with Gasteiger partial charge in [0.25, 0.3) is 5.91 Å². The molecule has 0 aliphatic heterocycles. The van der Waals surface area contributed by atoms with E-state index in [1.807, 2.05) is 44.1 Å². The molecule has 2 N–H and O–H groups in total. The van der Waals surface area contributed by atoms with E-state index in [0.717, 1.165) is 0 Å². The second-order valence-electron chi connectivity index (χ2n) is 4.84. The molecule has 0 aromatic heterocycles. The monoisotopic (exact) mass is 274 g/mol. The van der Waals surface area contributed by atoms with Crippen LogP contribution in [0.4, 0.5) is 0 Å². The molecule has 0 radical (unpaired) electrons. The fourth-order valence-electron chi connectivity index (χ4n) is 1.52. The van der Waals surface area contributed by atoms with Crippen LogP contribution in [0.3, 0.4) is 0 Å². The van der Waals surface area contributed by atoms with Crippen LogP contribution in [-0.4, -0.2) is 49.2 Å². The lowest BCUT2D eigenvalue weighted by Crippen LogP contribution is -2.38. The summed E-state index contributed by atoms with van der Waals surface area (Å²) < 4.78 is 0. The highest BCUT2D eigenvalue weighted by molar-refractivity contribution is 5.96. The van der Waals surface area contributed by atoms with Crippen LogP contribution >= 0.6 is 0 Å². The quantitative estimate of drug-likeness (QED) is 0.791. The molecule has 1 rings (SSSR count). The van der Waals surface area contributed by atoms with E-state index in [1.165, 1.54) is 0 Å². The third kappa shape index (κ3) is 5.04. The summed E-state index contributed by atoms with van der Waals surface area (Å²) in [6, 6.07) is 7.52. The average Bonchev–Trinajstić information content (AvgIpc) is 2.45. The van der Waals surface area contributed by atoms with E-state index in [2.05, 4.69) is 17.2 Å². The Bertz CT molecular complexity index is 501. The van der Waals surface area contributed by atoms with Gasteiger partial charge in [-0.25, -0.2) is 0 Å². The summed E-state index contributed by atoms with van der Waals surface area (Å²) in [6.45, 7) is 2.67. The largest absolute Gasteiger partial charge is 0.395 e. The maximum absolute atomic E-state index is 12.2. The van der Waals surface area contributed by atoms with Gasteiger partial charge in [-0.2, -0.15) is 0 Å². The summed E-state index contributed by atoms with van der Waals surface area (Å²) in [7, 11) is 3.95. The maximum atomic E-state index is 12.2. The highest BCUT2D eigenvalue weighted by Crippen LogP contribution is 2.07. The lowest BCUT2D eigenvalue weighted by molar-refractivity contribution is 0.0943. The van der Waals surface area contributed by atoms with Crippen LogP contribution in [0.1, 0.15) is 29.3 Å². The zero-order valence-corrected chi connectivity index (χ0v) is 12.3. The molecule has 0 heterocycles. The first-order valence-electron chi connectivity index (χ1n) is 6.69. The number of aliphatic hydroxyl groups is 1. The molecule has 0 aliphatic carbocycles. The molecule has 1 aromatic carbocycles. The van der Waals surface area contributed by atoms with Crippen molar-refractivity contribution in [3.63, 3.8) is 0 Å². The van der Waals surface area contributed by atoms with Crippen molar-refractivity contribution in [2.75, 3.05) is 27.2 Å². The molecule has 1 atom stereocenters. The third-order valence-electron chi connectivity index (χ3n) is 3.07. The lowest BCUT2D eigenvalue weighted by atomic mass is 10.1. The van der Waals surface area contributed by atoms with Gasteiger partial charge in [0, 0.05) is 24.6 Å². The zero-order chi connectivity index (χ0) is 15.0. The van der Waals surface area contributed by atoms with Crippen LogP contribution < -0.4 is 5.32 Å². The van der Waals surface area contributed by atoms with Gasteiger partial charge in [0.05, 0.1) is 12.2 Å². The summed E-state index contributed by atoms with van der Waals surface area (Å²) in [6.07, 6.45) is 0.410.